The Kier molecular flexibility index (Phi) is 7.16. The van der Waals surface area contributed by atoms with Crippen LogP contribution in [0.1, 0.15) is 20.7 Å². The number of hydrogen-bond acceptors (Lipinski definition) is 8. The summed E-state index contributed by atoms with van der Waals surface area (Å²) in [7, 11) is -1.31. The molecule has 2 N–H and O–H groups in total. The number of hydrogen-bond donors (Lipinski definition) is 2. The highest BCUT2D eigenvalue weighted by molar-refractivity contribution is 7.46. The van der Waals surface area contributed by atoms with Gasteiger partial charge >= 0.3 is 7.82 Å². The molecule has 0 bridgehead atoms. The van der Waals surface area contributed by atoms with Crippen LogP contribution in [0.5, 0.6) is 11.5 Å². The average Bonchev–Trinajstić information content (AvgIpc) is 3.21. The average molecular weight is 460 g/mol. The SMILES string of the molecule is CN(C)CC(=O)n1nccc1-c1ncccc1COc1cccc(OP(=O)(O)O)c1C=O. The number of carbonyl (C=O) groups excluding carboxylic acids is 2. The van der Waals surface area contributed by atoms with Crippen molar-refractivity contribution in [3.8, 4) is 22.9 Å². The van der Waals surface area contributed by atoms with Crippen molar-refractivity contribution in [2.45, 2.75) is 6.61 Å². The molecule has 0 fully saturated rings. The standard InChI is InChI=1S/C20H21N4O7P/c1-23(2)11-19(26)24-16(8-10-22-24)20-14(5-4-9-21-20)13-30-17-6-3-7-18(15(17)12-25)31-32(27,28)29/h3-10,12H,11,13H2,1-2H3,(H2,27,28,29). The number of phosphoric acid groups is 1. The molecule has 0 radical (unpaired) electrons. The van der Waals surface area contributed by atoms with E-state index in [9.17, 15) is 14.2 Å². The summed E-state index contributed by atoms with van der Waals surface area (Å²) in [5.74, 6) is -0.472. The highest BCUT2D eigenvalue weighted by Crippen LogP contribution is 2.41. The zero-order valence-electron chi connectivity index (χ0n) is 17.3. The summed E-state index contributed by atoms with van der Waals surface area (Å²) in [6.45, 7) is 0.110. The monoisotopic (exact) mass is 460 g/mol. The van der Waals surface area contributed by atoms with Crippen LogP contribution in [0.25, 0.3) is 11.4 Å². The number of nitrogens with zero attached hydrogens (tertiary/aromatic N) is 4. The molecule has 168 valence electrons. The number of aldehydes is 1. The van der Waals surface area contributed by atoms with Crippen LogP contribution in [0.4, 0.5) is 0 Å². The number of rotatable bonds is 9. The van der Waals surface area contributed by atoms with Crippen molar-refractivity contribution in [3.05, 3.63) is 59.9 Å². The third-order valence-electron chi connectivity index (χ3n) is 4.21. The number of likely N-dealkylation sites (N-methyl/N-ethyl adjacent to an activating group) is 1. The first-order valence-corrected chi connectivity index (χ1v) is 10.8. The van der Waals surface area contributed by atoms with E-state index < -0.39 is 7.82 Å². The molecule has 0 aliphatic carbocycles. The topological polar surface area (TPSA) is 144 Å². The molecule has 3 rings (SSSR count). The van der Waals surface area contributed by atoms with Crippen molar-refractivity contribution in [1.29, 1.82) is 0 Å². The van der Waals surface area contributed by atoms with Crippen LogP contribution in [0.2, 0.25) is 0 Å². The van der Waals surface area contributed by atoms with E-state index >= 15 is 0 Å². The maximum absolute atomic E-state index is 12.5. The van der Waals surface area contributed by atoms with Gasteiger partial charge < -0.3 is 14.2 Å². The van der Waals surface area contributed by atoms with Crippen LogP contribution < -0.4 is 9.26 Å². The minimum absolute atomic E-state index is 0.0452. The summed E-state index contributed by atoms with van der Waals surface area (Å²) in [5.41, 5.74) is 1.40. The zero-order valence-corrected chi connectivity index (χ0v) is 18.2. The molecule has 3 aromatic rings. The first-order valence-electron chi connectivity index (χ1n) is 9.32. The third kappa shape index (κ3) is 5.65. The lowest BCUT2D eigenvalue weighted by Crippen LogP contribution is -2.27. The molecular weight excluding hydrogens is 439 g/mol. The number of pyridine rings is 1. The van der Waals surface area contributed by atoms with Gasteiger partial charge in [0, 0.05) is 11.8 Å². The zero-order chi connectivity index (χ0) is 23.3. The Morgan fingerprint density at radius 2 is 1.91 bits per heavy atom. The van der Waals surface area contributed by atoms with Gasteiger partial charge in [0.2, 0.25) is 0 Å². The fraction of sp³-hybridized carbons (Fsp3) is 0.200. The van der Waals surface area contributed by atoms with Gasteiger partial charge in [-0.05, 0) is 38.4 Å². The Balaban J connectivity index is 1.89. The van der Waals surface area contributed by atoms with E-state index in [4.69, 9.17) is 14.5 Å². The van der Waals surface area contributed by atoms with E-state index in [0.29, 0.717) is 23.2 Å². The van der Waals surface area contributed by atoms with Gasteiger partial charge in [-0.3, -0.25) is 24.4 Å². The minimum Gasteiger partial charge on any atom is -0.488 e. The minimum atomic E-state index is -4.86. The molecule has 11 nitrogen and oxygen atoms in total. The maximum atomic E-state index is 12.5. The van der Waals surface area contributed by atoms with Crippen LogP contribution in [-0.4, -0.2) is 62.3 Å². The van der Waals surface area contributed by atoms with Crippen LogP contribution in [0.3, 0.4) is 0 Å². The molecule has 0 atom stereocenters. The van der Waals surface area contributed by atoms with Crippen LogP contribution in [-0.2, 0) is 11.2 Å². The number of ether oxygens (including phenoxy) is 1. The Morgan fingerprint density at radius 3 is 2.59 bits per heavy atom. The maximum Gasteiger partial charge on any atom is 0.524 e. The second-order valence-corrected chi connectivity index (χ2v) is 8.09. The predicted octanol–water partition coefficient (Wildman–Crippen LogP) is 2.01. The fourth-order valence-corrected chi connectivity index (χ4v) is 3.35. The largest absolute Gasteiger partial charge is 0.524 e. The van der Waals surface area contributed by atoms with Crippen molar-refractivity contribution in [1.82, 2.24) is 19.7 Å². The van der Waals surface area contributed by atoms with E-state index in [1.54, 1.807) is 43.4 Å². The summed E-state index contributed by atoms with van der Waals surface area (Å²) in [6, 6.07) is 9.25. The van der Waals surface area contributed by atoms with Crippen molar-refractivity contribution < 1.29 is 33.2 Å². The summed E-state index contributed by atoms with van der Waals surface area (Å²) >= 11 is 0. The molecule has 0 saturated heterocycles. The van der Waals surface area contributed by atoms with Gasteiger partial charge in [-0.2, -0.15) is 9.78 Å². The molecular formula is C20H21N4O7P. The molecule has 0 aliphatic heterocycles. The lowest BCUT2D eigenvalue weighted by atomic mass is 10.1. The molecule has 2 aromatic heterocycles. The number of benzene rings is 1. The molecule has 12 heteroatoms. The van der Waals surface area contributed by atoms with Crippen LogP contribution in [0.15, 0.2) is 48.8 Å². The lowest BCUT2D eigenvalue weighted by molar-refractivity contribution is 0.0862. The van der Waals surface area contributed by atoms with Crippen molar-refractivity contribution in [3.63, 3.8) is 0 Å². The highest BCUT2D eigenvalue weighted by atomic mass is 31.2. The van der Waals surface area contributed by atoms with Crippen LogP contribution >= 0.6 is 7.82 Å². The first-order chi connectivity index (χ1) is 15.2. The lowest BCUT2D eigenvalue weighted by Gasteiger charge is -2.15. The van der Waals surface area contributed by atoms with Gasteiger partial charge in [0.25, 0.3) is 5.91 Å². The normalized spacial score (nSPS) is 11.4. The van der Waals surface area contributed by atoms with Gasteiger partial charge in [0.1, 0.15) is 18.1 Å². The van der Waals surface area contributed by atoms with Gasteiger partial charge in [-0.1, -0.05) is 12.1 Å². The van der Waals surface area contributed by atoms with E-state index in [-0.39, 0.29) is 36.1 Å². The molecule has 2 heterocycles. The van der Waals surface area contributed by atoms with E-state index in [1.807, 2.05) is 0 Å². The van der Waals surface area contributed by atoms with Gasteiger partial charge in [-0.25, -0.2) is 4.57 Å². The Morgan fingerprint density at radius 1 is 1.16 bits per heavy atom. The second kappa shape index (κ2) is 9.84. The second-order valence-electron chi connectivity index (χ2n) is 6.93. The number of phosphoric ester groups is 1. The Hall–Kier alpha value is -3.37. The Bertz CT molecular complexity index is 1170. The predicted molar refractivity (Wildman–Crippen MR) is 113 cm³/mol. The molecule has 1 aromatic carbocycles. The number of carbonyl (C=O) groups is 2. The Labute approximate surface area is 183 Å². The molecule has 0 amide bonds. The van der Waals surface area contributed by atoms with Crippen LogP contribution in [0, 0.1) is 0 Å². The smallest absolute Gasteiger partial charge is 0.488 e. The molecule has 0 spiro atoms. The van der Waals surface area contributed by atoms with E-state index in [2.05, 4.69) is 14.6 Å². The molecule has 0 unspecified atom stereocenters. The van der Waals surface area contributed by atoms with E-state index in [0.717, 1.165) is 0 Å². The number of aromatic nitrogens is 3. The van der Waals surface area contributed by atoms with Crippen molar-refractivity contribution in [2.75, 3.05) is 20.6 Å². The summed E-state index contributed by atoms with van der Waals surface area (Å²) in [4.78, 5) is 48.2. The highest BCUT2D eigenvalue weighted by Gasteiger charge is 2.21. The van der Waals surface area contributed by atoms with Gasteiger partial charge in [0.05, 0.1) is 29.7 Å². The summed E-state index contributed by atoms with van der Waals surface area (Å²) in [6.07, 6.45) is 3.45. The van der Waals surface area contributed by atoms with Crippen molar-refractivity contribution >= 4 is 20.0 Å². The van der Waals surface area contributed by atoms with Crippen molar-refractivity contribution in [2.24, 2.45) is 0 Å². The molecule has 0 aliphatic rings. The summed E-state index contributed by atoms with van der Waals surface area (Å²) < 4.78 is 22.7. The summed E-state index contributed by atoms with van der Waals surface area (Å²) in [5, 5.41) is 4.10. The first kappa shape index (κ1) is 23.3. The quantitative estimate of drug-likeness (QED) is 0.359. The molecule has 32 heavy (non-hydrogen) atoms. The molecule has 0 saturated carbocycles. The fourth-order valence-electron chi connectivity index (χ4n) is 2.93. The van der Waals surface area contributed by atoms with Gasteiger partial charge in [-0.15, -0.1) is 0 Å². The van der Waals surface area contributed by atoms with E-state index in [1.165, 1.54) is 29.1 Å². The van der Waals surface area contributed by atoms with Gasteiger partial charge in [0.15, 0.2) is 6.29 Å². The third-order valence-corrected chi connectivity index (χ3v) is 4.64.